The van der Waals surface area contributed by atoms with Crippen LogP contribution in [-0.2, 0) is 19.6 Å². The topological polar surface area (TPSA) is 106 Å². The van der Waals surface area contributed by atoms with Gasteiger partial charge in [-0.15, -0.1) is 0 Å². The Morgan fingerprint density at radius 3 is 2.31 bits per heavy atom. The SMILES string of the molecule is NC(=O)C12CC3CC(CC(CC(=O)C4(NS(=O)(=O)c5cccc(Cl)c5Cl)CCC4)(C3)C1)C2. The molecule has 6 nitrogen and oxygen atoms in total. The molecule has 0 saturated heterocycles. The van der Waals surface area contributed by atoms with Crippen molar-refractivity contribution in [3.05, 3.63) is 28.2 Å². The number of ketones is 1. The van der Waals surface area contributed by atoms with E-state index in [-0.39, 0.29) is 32.0 Å². The van der Waals surface area contributed by atoms with Gasteiger partial charge in [0.25, 0.3) is 0 Å². The molecular weight excluding hydrogens is 471 g/mol. The van der Waals surface area contributed by atoms with Crippen molar-refractivity contribution in [2.75, 3.05) is 0 Å². The van der Waals surface area contributed by atoms with Gasteiger partial charge < -0.3 is 5.73 Å². The molecule has 0 spiro atoms. The number of Topliss-reactive ketones (excluding diaryl/α,β-unsaturated/α-hetero) is 1. The van der Waals surface area contributed by atoms with Crippen molar-refractivity contribution in [3.8, 4) is 0 Å². The maximum atomic E-state index is 13.7. The van der Waals surface area contributed by atoms with Crippen molar-refractivity contribution in [2.24, 2.45) is 28.4 Å². The number of nitrogens with two attached hydrogens (primary N) is 1. The van der Waals surface area contributed by atoms with E-state index < -0.39 is 21.0 Å². The maximum absolute atomic E-state index is 13.7. The minimum Gasteiger partial charge on any atom is -0.369 e. The number of carbonyl (C=O) groups excluding carboxylic acids is 2. The van der Waals surface area contributed by atoms with Crippen LogP contribution in [0.5, 0.6) is 0 Å². The van der Waals surface area contributed by atoms with E-state index in [0.717, 1.165) is 38.5 Å². The smallest absolute Gasteiger partial charge is 0.243 e. The summed E-state index contributed by atoms with van der Waals surface area (Å²) < 4.78 is 29.0. The third-order valence-corrected chi connectivity index (χ3v) is 11.0. The molecule has 0 aliphatic heterocycles. The maximum Gasteiger partial charge on any atom is 0.243 e. The van der Waals surface area contributed by atoms with E-state index in [2.05, 4.69) is 4.72 Å². The summed E-state index contributed by atoms with van der Waals surface area (Å²) in [5, 5.41) is 0.0990. The van der Waals surface area contributed by atoms with Crippen LogP contribution in [0.25, 0.3) is 0 Å². The number of hydrogen-bond acceptors (Lipinski definition) is 4. The summed E-state index contributed by atoms with van der Waals surface area (Å²) >= 11 is 12.2. The molecule has 174 valence electrons. The van der Waals surface area contributed by atoms with Crippen LogP contribution >= 0.6 is 23.2 Å². The highest BCUT2D eigenvalue weighted by Gasteiger charge is 2.61. The number of sulfonamides is 1. The number of benzene rings is 1. The summed E-state index contributed by atoms with van der Waals surface area (Å²) in [6.45, 7) is 0. The fraction of sp³-hybridized carbons (Fsp3) is 0.652. The molecule has 5 saturated carbocycles. The van der Waals surface area contributed by atoms with Gasteiger partial charge in [-0.1, -0.05) is 29.3 Å². The van der Waals surface area contributed by atoms with Gasteiger partial charge in [-0.2, -0.15) is 4.72 Å². The van der Waals surface area contributed by atoms with Crippen LogP contribution in [0.15, 0.2) is 23.1 Å². The molecule has 9 heteroatoms. The molecule has 1 aromatic rings. The molecule has 1 aromatic carbocycles. The molecule has 5 aliphatic rings. The largest absolute Gasteiger partial charge is 0.369 e. The number of primary amides is 1. The quantitative estimate of drug-likeness (QED) is 0.586. The van der Waals surface area contributed by atoms with Crippen molar-refractivity contribution in [3.63, 3.8) is 0 Å². The van der Waals surface area contributed by atoms with Gasteiger partial charge in [-0.25, -0.2) is 8.42 Å². The van der Waals surface area contributed by atoms with E-state index in [4.69, 9.17) is 28.9 Å². The van der Waals surface area contributed by atoms with Crippen LogP contribution in [0, 0.1) is 22.7 Å². The Morgan fingerprint density at radius 1 is 1.09 bits per heavy atom. The second kappa shape index (κ2) is 7.42. The van der Waals surface area contributed by atoms with Crippen molar-refractivity contribution in [1.82, 2.24) is 4.72 Å². The van der Waals surface area contributed by atoms with E-state index in [1.807, 2.05) is 0 Å². The molecule has 2 atom stereocenters. The fourth-order valence-electron chi connectivity index (χ4n) is 7.43. The number of nitrogens with one attached hydrogen (secondary N) is 1. The summed E-state index contributed by atoms with van der Waals surface area (Å²) in [6, 6.07) is 4.44. The third-order valence-electron chi connectivity index (χ3n) is 8.52. The first-order chi connectivity index (χ1) is 15.0. The van der Waals surface area contributed by atoms with Gasteiger partial charge in [0, 0.05) is 6.42 Å². The Morgan fingerprint density at radius 2 is 1.75 bits per heavy atom. The van der Waals surface area contributed by atoms with Crippen molar-refractivity contribution in [2.45, 2.75) is 74.6 Å². The van der Waals surface area contributed by atoms with E-state index in [1.165, 1.54) is 18.2 Å². The van der Waals surface area contributed by atoms with Crippen LogP contribution in [0.2, 0.25) is 10.0 Å². The van der Waals surface area contributed by atoms with Gasteiger partial charge in [0.2, 0.25) is 15.9 Å². The Hall–Kier alpha value is -1.15. The molecule has 0 aromatic heterocycles. The lowest BCUT2D eigenvalue weighted by atomic mass is 9.43. The standard InChI is InChI=1S/C23H28Cl2N2O4S/c24-16-3-1-4-17(19(16)25)32(30,31)27-23(5-2-6-23)18(28)12-21-8-14-7-15(9-21)11-22(10-14,13-21)20(26)29/h1,3-4,14-15,27H,2,5-13H2,(H2,26,29). The average molecular weight is 499 g/mol. The zero-order chi connectivity index (χ0) is 22.9. The Labute approximate surface area is 198 Å². The highest BCUT2D eigenvalue weighted by molar-refractivity contribution is 7.89. The normalized spacial score (nSPS) is 34.8. The molecule has 6 rings (SSSR count). The predicted molar refractivity (Wildman–Crippen MR) is 122 cm³/mol. The lowest BCUT2D eigenvalue weighted by molar-refractivity contribution is -0.159. The Kier molecular flexibility index (Phi) is 5.25. The summed E-state index contributed by atoms with van der Waals surface area (Å²) in [7, 11) is -4.03. The minimum absolute atomic E-state index is 0.0481. The van der Waals surface area contributed by atoms with Crippen molar-refractivity contribution >= 4 is 44.9 Å². The molecule has 2 unspecified atom stereocenters. The van der Waals surface area contributed by atoms with Crippen LogP contribution in [0.3, 0.4) is 0 Å². The zero-order valence-electron chi connectivity index (χ0n) is 17.8. The molecule has 3 N–H and O–H groups in total. The number of rotatable bonds is 7. The lowest BCUT2D eigenvalue weighted by Gasteiger charge is -2.61. The second-order valence-electron chi connectivity index (χ2n) is 10.8. The van der Waals surface area contributed by atoms with Gasteiger partial charge in [-0.05, 0) is 87.2 Å². The molecule has 5 aliphatic carbocycles. The van der Waals surface area contributed by atoms with Crippen LogP contribution < -0.4 is 10.5 Å². The number of hydrogen-bond donors (Lipinski definition) is 2. The van der Waals surface area contributed by atoms with Gasteiger partial charge in [-0.3, -0.25) is 9.59 Å². The summed E-state index contributed by atoms with van der Waals surface area (Å²) in [4.78, 5) is 25.9. The molecule has 32 heavy (non-hydrogen) atoms. The van der Waals surface area contributed by atoms with Crippen molar-refractivity contribution in [1.29, 1.82) is 0 Å². The lowest BCUT2D eigenvalue weighted by Crippen LogP contribution is -2.62. The second-order valence-corrected chi connectivity index (χ2v) is 13.2. The van der Waals surface area contributed by atoms with Crippen LogP contribution in [0.1, 0.15) is 64.2 Å². The van der Waals surface area contributed by atoms with E-state index in [1.54, 1.807) is 0 Å². The highest BCUT2D eigenvalue weighted by atomic mass is 35.5. The fourth-order valence-corrected chi connectivity index (χ4v) is 9.64. The zero-order valence-corrected chi connectivity index (χ0v) is 20.2. The molecule has 0 radical (unpaired) electrons. The Balaban J connectivity index is 1.40. The molecular formula is C23H28Cl2N2O4S. The Bertz CT molecular complexity index is 1090. The summed E-state index contributed by atoms with van der Waals surface area (Å²) in [5.74, 6) is 0.539. The van der Waals surface area contributed by atoms with E-state index in [0.29, 0.717) is 37.5 Å². The van der Waals surface area contributed by atoms with Gasteiger partial charge in [0.1, 0.15) is 4.90 Å². The number of amides is 1. The molecule has 5 fully saturated rings. The van der Waals surface area contributed by atoms with Gasteiger partial charge in [0.15, 0.2) is 5.78 Å². The van der Waals surface area contributed by atoms with Crippen LogP contribution in [-0.4, -0.2) is 25.6 Å². The van der Waals surface area contributed by atoms with Crippen molar-refractivity contribution < 1.29 is 18.0 Å². The summed E-state index contributed by atoms with van der Waals surface area (Å²) in [6.07, 6.45) is 7.27. The van der Waals surface area contributed by atoms with Crippen LogP contribution in [0.4, 0.5) is 0 Å². The molecule has 0 heterocycles. The number of halogens is 2. The monoisotopic (exact) mass is 498 g/mol. The highest BCUT2D eigenvalue weighted by Crippen LogP contribution is 2.66. The first-order valence-corrected chi connectivity index (χ1v) is 13.5. The van der Waals surface area contributed by atoms with Gasteiger partial charge in [0.05, 0.1) is 21.0 Å². The van der Waals surface area contributed by atoms with Gasteiger partial charge >= 0.3 is 0 Å². The molecule has 4 bridgehead atoms. The first kappa shape index (κ1) is 22.6. The minimum atomic E-state index is -4.03. The van der Waals surface area contributed by atoms with E-state index >= 15 is 0 Å². The average Bonchev–Trinajstić information content (AvgIpc) is 2.65. The molecule has 1 amide bonds. The summed E-state index contributed by atoms with van der Waals surface area (Å²) in [5.41, 5.74) is 3.98. The first-order valence-electron chi connectivity index (χ1n) is 11.3. The predicted octanol–water partition coefficient (Wildman–Crippen LogP) is 4.23. The number of carbonyl (C=O) groups is 2. The third kappa shape index (κ3) is 3.51. The van der Waals surface area contributed by atoms with E-state index in [9.17, 15) is 18.0 Å².